The van der Waals surface area contributed by atoms with Gasteiger partial charge in [0.25, 0.3) is 0 Å². The van der Waals surface area contributed by atoms with Gasteiger partial charge in [0.2, 0.25) is 5.91 Å². The van der Waals surface area contributed by atoms with Gasteiger partial charge in [-0.3, -0.25) is 4.79 Å². The second kappa shape index (κ2) is 8.73. The minimum Gasteiger partial charge on any atom is -0.493 e. The molecule has 2 rings (SSSR count). The van der Waals surface area contributed by atoms with Crippen molar-refractivity contribution in [2.75, 3.05) is 33.4 Å². The summed E-state index contributed by atoms with van der Waals surface area (Å²) >= 11 is 0. The topological polar surface area (TPSA) is 48.0 Å². The van der Waals surface area contributed by atoms with Crippen LogP contribution in [0.1, 0.15) is 26.3 Å². The van der Waals surface area contributed by atoms with Crippen molar-refractivity contribution in [3.63, 3.8) is 0 Å². The van der Waals surface area contributed by atoms with Crippen LogP contribution in [0.4, 0.5) is 0 Å². The van der Waals surface area contributed by atoms with Crippen molar-refractivity contribution in [1.82, 2.24) is 4.90 Å². The zero-order valence-electron chi connectivity index (χ0n) is 15.0. The van der Waals surface area contributed by atoms with Gasteiger partial charge in [0.05, 0.1) is 26.4 Å². The minimum absolute atomic E-state index is 0.00394. The van der Waals surface area contributed by atoms with E-state index in [-0.39, 0.29) is 12.0 Å². The van der Waals surface area contributed by atoms with Gasteiger partial charge < -0.3 is 19.1 Å². The Kier molecular flexibility index (Phi) is 6.67. The van der Waals surface area contributed by atoms with Crippen LogP contribution in [0.3, 0.4) is 0 Å². The predicted octanol–water partition coefficient (Wildman–Crippen LogP) is 2.99. The summed E-state index contributed by atoms with van der Waals surface area (Å²) in [7, 11) is 1.62. The van der Waals surface area contributed by atoms with Crippen molar-refractivity contribution in [3.05, 3.63) is 29.8 Å². The molecular weight excluding hydrogens is 306 g/mol. The SMILES string of the molecule is COc1cc(/C=C/C(=O)N2CCOC(C)C2)ccc1OCC(C)C. The summed E-state index contributed by atoms with van der Waals surface area (Å²) in [6.07, 6.45) is 3.49. The number of nitrogens with zero attached hydrogens (tertiary/aromatic N) is 1. The van der Waals surface area contributed by atoms with Crippen LogP contribution >= 0.6 is 0 Å². The normalized spacial score (nSPS) is 18.2. The average Bonchev–Trinajstić information content (AvgIpc) is 2.58. The molecule has 1 aromatic carbocycles. The molecule has 1 amide bonds. The molecule has 24 heavy (non-hydrogen) atoms. The molecule has 1 aliphatic rings. The summed E-state index contributed by atoms with van der Waals surface area (Å²) in [4.78, 5) is 14.1. The van der Waals surface area contributed by atoms with E-state index in [2.05, 4.69) is 13.8 Å². The van der Waals surface area contributed by atoms with E-state index in [1.54, 1.807) is 19.3 Å². The summed E-state index contributed by atoms with van der Waals surface area (Å²) in [5.74, 6) is 1.84. The molecule has 0 radical (unpaired) electrons. The van der Waals surface area contributed by atoms with Crippen LogP contribution in [0, 0.1) is 5.92 Å². The van der Waals surface area contributed by atoms with Gasteiger partial charge in [-0.25, -0.2) is 0 Å². The summed E-state index contributed by atoms with van der Waals surface area (Å²) in [6.45, 7) is 8.68. The fourth-order valence-electron chi connectivity index (χ4n) is 2.46. The van der Waals surface area contributed by atoms with E-state index >= 15 is 0 Å². The van der Waals surface area contributed by atoms with Crippen molar-refractivity contribution >= 4 is 12.0 Å². The lowest BCUT2D eigenvalue weighted by molar-refractivity contribution is -0.132. The van der Waals surface area contributed by atoms with Crippen molar-refractivity contribution in [2.24, 2.45) is 5.92 Å². The van der Waals surface area contributed by atoms with Gasteiger partial charge in [0.15, 0.2) is 11.5 Å². The van der Waals surface area contributed by atoms with Gasteiger partial charge in [-0.1, -0.05) is 19.9 Å². The molecule has 0 spiro atoms. The van der Waals surface area contributed by atoms with E-state index in [9.17, 15) is 4.79 Å². The largest absolute Gasteiger partial charge is 0.493 e. The molecule has 1 heterocycles. The number of amides is 1. The van der Waals surface area contributed by atoms with Crippen molar-refractivity contribution < 1.29 is 19.0 Å². The van der Waals surface area contributed by atoms with Crippen molar-refractivity contribution in [1.29, 1.82) is 0 Å². The maximum Gasteiger partial charge on any atom is 0.246 e. The van der Waals surface area contributed by atoms with E-state index in [0.29, 0.717) is 38.0 Å². The zero-order valence-corrected chi connectivity index (χ0v) is 15.0. The Morgan fingerprint density at radius 2 is 2.21 bits per heavy atom. The van der Waals surface area contributed by atoms with E-state index < -0.39 is 0 Å². The Bertz CT molecular complexity index is 583. The third-order valence-corrected chi connectivity index (χ3v) is 3.73. The molecule has 0 bridgehead atoms. The van der Waals surface area contributed by atoms with E-state index in [1.807, 2.05) is 30.0 Å². The van der Waals surface area contributed by atoms with Gasteiger partial charge in [-0.05, 0) is 36.6 Å². The van der Waals surface area contributed by atoms with Crippen LogP contribution in [-0.4, -0.2) is 50.3 Å². The highest BCUT2D eigenvalue weighted by Crippen LogP contribution is 2.29. The summed E-state index contributed by atoms with van der Waals surface area (Å²) in [6, 6.07) is 5.67. The number of hydrogen-bond acceptors (Lipinski definition) is 4. The number of carbonyl (C=O) groups is 1. The first-order valence-corrected chi connectivity index (χ1v) is 8.39. The monoisotopic (exact) mass is 333 g/mol. The lowest BCUT2D eigenvalue weighted by Gasteiger charge is -2.30. The van der Waals surface area contributed by atoms with E-state index in [1.165, 1.54) is 0 Å². The molecule has 1 saturated heterocycles. The highest BCUT2D eigenvalue weighted by Gasteiger charge is 2.19. The molecule has 1 unspecified atom stereocenters. The van der Waals surface area contributed by atoms with Crippen LogP contribution in [0.2, 0.25) is 0 Å². The maximum absolute atomic E-state index is 12.2. The van der Waals surface area contributed by atoms with Crippen molar-refractivity contribution in [3.8, 4) is 11.5 Å². The molecule has 5 nitrogen and oxygen atoms in total. The molecule has 0 aliphatic carbocycles. The Hall–Kier alpha value is -2.01. The van der Waals surface area contributed by atoms with Gasteiger partial charge in [-0.15, -0.1) is 0 Å². The lowest BCUT2D eigenvalue weighted by Crippen LogP contribution is -2.43. The molecule has 0 saturated carbocycles. The number of methoxy groups -OCH3 is 1. The molecule has 1 fully saturated rings. The Morgan fingerprint density at radius 3 is 2.88 bits per heavy atom. The number of rotatable bonds is 6. The number of hydrogen-bond donors (Lipinski definition) is 0. The first-order chi connectivity index (χ1) is 11.5. The van der Waals surface area contributed by atoms with Gasteiger partial charge in [0.1, 0.15) is 0 Å². The quantitative estimate of drug-likeness (QED) is 0.751. The Labute approximate surface area is 144 Å². The summed E-state index contributed by atoms with van der Waals surface area (Å²) < 4.78 is 16.6. The second-order valence-corrected chi connectivity index (χ2v) is 6.41. The van der Waals surface area contributed by atoms with E-state index in [4.69, 9.17) is 14.2 Å². The molecule has 1 atom stereocenters. The van der Waals surface area contributed by atoms with Gasteiger partial charge in [-0.2, -0.15) is 0 Å². The Balaban J connectivity index is 2.02. The number of ether oxygens (including phenoxy) is 3. The standard InChI is InChI=1S/C19H27NO4/c1-14(2)13-24-17-7-5-16(11-18(17)22-4)6-8-19(21)20-9-10-23-15(3)12-20/h5-8,11,14-15H,9-10,12-13H2,1-4H3/b8-6+. The summed E-state index contributed by atoms with van der Waals surface area (Å²) in [5, 5.41) is 0. The third-order valence-electron chi connectivity index (χ3n) is 3.73. The fraction of sp³-hybridized carbons (Fsp3) is 0.526. The average molecular weight is 333 g/mol. The van der Waals surface area contributed by atoms with Crippen LogP contribution < -0.4 is 9.47 Å². The van der Waals surface area contributed by atoms with Crippen LogP contribution in [0.25, 0.3) is 6.08 Å². The molecule has 132 valence electrons. The minimum atomic E-state index is 0.00394. The molecule has 1 aliphatic heterocycles. The molecule has 0 aromatic heterocycles. The smallest absolute Gasteiger partial charge is 0.246 e. The van der Waals surface area contributed by atoms with Crippen LogP contribution in [0.5, 0.6) is 11.5 Å². The fourth-order valence-corrected chi connectivity index (χ4v) is 2.46. The number of morpholine rings is 1. The zero-order chi connectivity index (χ0) is 17.5. The second-order valence-electron chi connectivity index (χ2n) is 6.41. The lowest BCUT2D eigenvalue weighted by atomic mass is 10.1. The Morgan fingerprint density at radius 1 is 1.42 bits per heavy atom. The highest BCUT2D eigenvalue weighted by atomic mass is 16.5. The van der Waals surface area contributed by atoms with Crippen molar-refractivity contribution in [2.45, 2.75) is 26.9 Å². The van der Waals surface area contributed by atoms with Crippen LogP contribution in [0.15, 0.2) is 24.3 Å². The van der Waals surface area contributed by atoms with E-state index in [0.717, 1.165) is 11.3 Å². The first kappa shape index (κ1) is 18.3. The van der Waals surface area contributed by atoms with Gasteiger partial charge >= 0.3 is 0 Å². The maximum atomic E-state index is 12.2. The first-order valence-electron chi connectivity index (χ1n) is 8.39. The molecule has 5 heteroatoms. The van der Waals surface area contributed by atoms with Gasteiger partial charge in [0, 0.05) is 19.2 Å². The number of carbonyl (C=O) groups excluding carboxylic acids is 1. The van der Waals surface area contributed by atoms with Crippen LogP contribution in [-0.2, 0) is 9.53 Å². The number of benzene rings is 1. The summed E-state index contributed by atoms with van der Waals surface area (Å²) in [5.41, 5.74) is 0.901. The molecule has 0 N–H and O–H groups in total. The third kappa shape index (κ3) is 5.27. The molecule has 1 aromatic rings. The highest BCUT2D eigenvalue weighted by molar-refractivity contribution is 5.92. The molecular formula is C19H27NO4. The predicted molar refractivity (Wildman–Crippen MR) is 94.4 cm³/mol.